The van der Waals surface area contributed by atoms with Gasteiger partial charge in [-0.25, -0.2) is 27.6 Å². The molecule has 0 aliphatic carbocycles. The van der Waals surface area contributed by atoms with Crippen LogP contribution in [-0.4, -0.2) is 45.4 Å². The molecule has 0 spiro atoms. The second-order valence-corrected chi connectivity index (χ2v) is 8.14. The minimum Gasteiger partial charge on any atom is -0.477 e. The van der Waals surface area contributed by atoms with Crippen molar-refractivity contribution in [3.63, 3.8) is 0 Å². The molecule has 1 saturated heterocycles. The first-order chi connectivity index (χ1) is 14.8. The first kappa shape index (κ1) is 21.1. The number of rotatable bonds is 5. The normalized spacial score (nSPS) is 17.1. The lowest BCUT2D eigenvalue weighted by atomic mass is 9.97. The zero-order valence-corrected chi connectivity index (χ0v) is 17.2. The molecule has 0 saturated carbocycles. The van der Waals surface area contributed by atoms with Crippen LogP contribution in [0.2, 0.25) is 0 Å². The van der Waals surface area contributed by atoms with Gasteiger partial charge in [-0.1, -0.05) is 13.8 Å². The lowest BCUT2D eigenvalue weighted by molar-refractivity contribution is 0.0678. The summed E-state index contributed by atoms with van der Waals surface area (Å²) < 4.78 is 41.8. The number of aromatic carboxylic acids is 1. The number of hydrogen-bond donors (Lipinski definition) is 1. The quantitative estimate of drug-likeness (QED) is 0.623. The lowest BCUT2D eigenvalue weighted by Crippen LogP contribution is -2.38. The Labute approximate surface area is 177 Å². The summed E-state index contributed by atoms with van der Waals surface area (Å²) in [6.45, 7) is 4.57. The fourth-order valence-electron chi connectivity index (χ4n) is 4.08. The minimum absolute atomic E-state index is 0.0314. The Bertz CT molecular complexity index is 1110. The van der Waals surface area contributed by atoms with Crippen LogP contribution in [0.1, 0.15) is 48.8 Å². The molecule has 31 heavy (non-hydrogen) atoms. The van der Waals surface area contributed by atoms with Gasteiger partial charge >= 0.3 is 5.97 Å². The molecule has 1 aliphatic rings. The van der Waals surface area contributed by atoms with Crippen LogP contribution in [0.25, 0.3) is 16.7 Å². The minimum atomic E-state index is -2.44. The molecule has 1 N–H and O–H groups in total. The molecule has 164 valence electrons. The number of aromatic nitrogens is 3. The van der Waals surface area contributed by atoms with Gasteiger partial charge in [-0.05, 0) is 49.1 Å². The number of hydrogen-bond acceptors (Lipinski definition) is 4. The molecule has 9 heteroatoms. The Morgan fingerprint density at radius 2 is 1.94 bits per heavy atom. The fourth-order valence-corrected chi connectivity index (χ4v) is 4.08. The van der Waals surface area contributed by atoms with Gasteiger partial charge in [0, 0.05) is 19.0 Å². The Hall–Kier alpha value is -3.10. The van der Waals surface area contributed by atoms with Gasteiger partial charge in [-0.15, -0.1) is 0 Å². The van der Waals surface area contributed by atoms with Crippen LogP contribution in [0, 0.1) is 11.7 Å². The molecule has 3 heterocycles. The van der Waals surface area contributed by atoms with Crippen molar-refractivity contribution in [2.75, 3.05) is 18.0 Å². The summed E-state index contributed by atoms with van der Waals surface area (Å²) in [6, 6.07) is 7.10. The zero-order chi connectivity index (χ0) is 22.3. The smallest absolute Gasteiger partial charge is 0.354 e. The predicted octanol–water partition coefficient (Wildman–Crippen LogP) is 4.86. The van der Waals surface area contributed by atoms with Gasteiger partial charge in [-0.3, -0.25) is 0 Å². The molecule has 4 rings (SSSR count). The first-order valence-corrected chi connectivity index (χ1v) is 10.2. The molecule has 0 amide bonds. The number of piperidine rings is 1. The number of nitrogens with zero attached hydrogens (tertiary/aromatic N) is 4. The van der Waals surface area contributed by atoms with E-state index in [4.69, 9.17) is 0 Å². The van der Waals surface area contributed by atoms with Crippen LogP contribution in [0.3, 0.4) is 0 Å². The van der Waals surface area contributed by atoms with Crippen molar-refractivity contribution in [1.29, 1.82) is 0 Å². The molecule has 6 nitrogen and oxygen atoms in total. The highest BCUT2D eigenvalue weighted by Crippen LogP contribution is 2.37. The van der Waals surface area contributed by atoms with Crippen LogP contribution in [0.15, 0.2) is 30.3 Å². The van der Waals surface area contributed by atoms with Crippen molar-refractivity contribution in [1.82, 2.24) is 14.8 Å². The van der Waals surface area contributed by atoms with Crippen molar-refractivity contribution in [2.24, 2.45) is 5.92 Å². The maximum Gasteiger partial charge on any atom is 0.354 e. The number of carboxylic acid groups (broad SMARTS) is 1. The van der Waals surface area contributed by atoms with E-state index < -0.39 is 24.1 Å². The molecule has 0 bridgehead atoms. The monoisotopic (exact) mass is 432 g/mol. The Morgan fingerprint density at radius 1 is 1.23 bits per heavy atom. The topological polar surface area (TPSA) is 71.2 Å². The largest absolute Gasteiger partial charge is 0.477 e. The van der Waals surface area contributed by atoms with E-state index in [-0.39, 0.29) is 18.2 Å². The summed E-state index contributed by atoms with van der Waals surface area (Å²) in [5, 5.41) is 14.9. The maximum atomic E-state index is 13.4. The number of carbonyl (C=O) groups is 1. The van der Waals surface area contributed by atoms with Crippen molar-refractivity contribution in [3.8, 4) is 5.69 Å². The highest BCUT2D eigenvalue weighted by Gasteiger charge is 2.31. The summed E-state index contributed by atoms with van der Waals surface area (Å²) >= 11 is 0. The predicted molar refractivity (Wildman–Crippen MR) is 111 cm³/mol. The third kappa shape index (κ3) is 3.96. The molecular weight excluding hydrogens is 409 g/mol. The molecule has 2 aromatic heterocycles. The highest BCUT2D eigenvalue weighted by atomic mass is 19.3. The van der Waals surface area contributed by atoms with E-state index in [1.54, 1.807) is 0 Å². The molecule has 1 aliphatic heterocycles. The first-order valence-electron chi connectivity index (χ1n) is 10.2. The van der Waals surface area contributed by atoms with Gasteiger partial charge in [0.15, 0.2) is 11.3 Å². The highest BCUT2D eigenvalue weighted by molar-refractivity contribution is 5.98. The number of fused-ring (bicyclic) bond motifs is 1. The SMILES string of the molecule is CC(C)c1nn(-c2ccc(F)cc2)c2nc(C(=O)O)cc(N3CCCC(C(F)F)C3)c12. The van der Waals surface area contributed by atoms with Crippen LogP contribution in [0.4, 0.5) is 18.9 Å². The Morgan fingerprint density at radius 3 is 2.55 bits per heavy atom. The molecular formula is C22H23F3N4O2. The number of benzene rings is 1. The van der Waals surface area contributed by atoms with Gasteiger partial charge in [0.1, 0.15) is 5.82 Å². The van der Waals surface area contributed by atoms with Gasteiger partial charge in [0.05, 0.1) is 22.5 Å². The Kier molecular flexibility index (Phi) is 5.60. The van der Waals surface area contributed by atoms with Gasteiger partial charge < -0.3 is 10.0 Å². The van der Waals surface area contributed by atoms with E-state index in [1.165, 1.54) is 35.0 Å². The third-order valence-corrected chi connectivity index (χ3v) is 5.64. The second-order valence-electron chi connectivity index (χ2n) is 8.14. The average molecular weight is 432 g/mol. The number of pyridine rings is 1. The summed E-state index contributed by atoms with van der Waals surface area (Å²) in [6.07, 6.45) is -1.42. The number of carboxylic acids is 1. The molecule has 0 radical (unpaired) electrons. The van der Waals surface area contributed by atoms with Gasteiger partial charge in [-0.2, -0.15) is 5.10 Å². The standard InChI is InChI=1S/C22H23F3N4O2/c1-12(2)19-18-17(28-9-3-4-13(11-28)20(24)25)10-16(22(30)31)26-21(18)29(27-19)15-7-5-14(23)6-8-15/h5-8,10,12-13,20H,3-4,9,11H2,1-2H3,(H,30,31). The van der Waals surface area contributed by atoms with Crippen molar-refractivity contribution >= 4 is 22.7 Å². The van der Waals surface area contributed by atoms with Crippen LogP contribution >= 0.6 is 0 Å². The zero-order valence-electron chi connectivity index (χ0n) is 17.2. The van der Waals surface area contributed by atoms with E-state index in [9.17, 15) is 23.1 Å². The Balaban J connectivity index is 1.97. The molecule has 1 unspecified atom stereocenters. The number of halogens is 3. The number of anilines is 1. The second kappa shape index (κ2) is 8.20. The molecule has 3 aromatic rings. The van der Waals surface area contributed by atoms with Crippen molar-refractivity contribution < 1.29 is 23.1 Å². The summed E-state index contributed by atoms with van der Waals surface area (Å²) in [5.41, 5.74) is 1.87. The summed E-state index contributed by atoms with van der Waals surface area (Å²) in [5.74, 6) is -2.44. The van der Waals surface area contributed by atoms with Crippen LogP contribution in [0.5, 0.6) is 0 Å². The van der Waals surface area contributed by atoms with E-state index in [0.29, 0.717) is 47.5 Å². The van der Waals surface area contributed by atoms with E-state index >= 15 is 0 Å². The van der Waals surface area contributed by atoms with Crippen LogP contribution < -0.4 is 4.90 Å². The maximum absolute atomic E-state index is 13.4. The number of alkyl halides is 2. The fraction of sp³-hybridized carbons (Fsp3) is 0.409. The van der Waals surface area contributed by atoms with E-state index in [1.807, 2.05) is 18.7 Å². The average Bonchev–Trinajstić information content (AvgIpc) is 3.13. The lowest BCUT2D eigenvalue weighted by Gasteiger charge is -2.34. The van der Waals surface area contributed by atoms with Gasteiger partial charge in [0.2, 0.25) is 6.43 Å². The third-order valence-electron chi connectivity index (χ3n) is 5.64. The van der Waals surface area contributed by atoms with E-state index in [0.717, 1.165) is 0 Å². The van der Waals surface area contributed by atoms with Crippen LogP contribution in [-0.2, 0) is 0 Å². The molecule has 1 fully saturated rings. The summed E-state index contributed by atoms with van der Waals surface area (Å²) in [7, 11) is 0. The molecule has 1 atom stereocenters. The molecule has 1 aromatic carbocycles. The van der Waals surface area contributed by atoms with Crippen molar-refractivity contribution in [3.05, 3.63) is 47.5 Å². The summed E-state index contributed by atoms with van der Waals surface area (Å²) in [4.78, 5) is 17.9. The van der Waals surface area contributed by atoms with Gasteiger partial charge in [0.25, 0.3) is 0 Å². The van der Waals surface area contributed by atoms with Crippen molar-refractivity contribution in [2.45, 2.75) is 39.0 Å². The van der Waals surface area contributed by atoms with E-state index in [2.05, 4.69) is 10.1 Å².